The SMILES string of the molecule is [N-]=[N+]=NN(N)/C(=N/N)NN. The lowest BCUT2D eigenvalue weighted by Gasteiger charge is -2.04. The quantitative estimate of drug-likeness (QED) is 0.0643. The summed E-state index contributed by atoms with van der Waals surface area (Å²) < 4.78 is 0. The van der Waals surface area contributed by atoms with Crippen molar-refractivity contribution in [2.24, 2.45) is 27.9 Å². The van der Waals surface area contributed by atoms with Crippen LogP contribution in [0.15, 0.2) is 10.3 Å². The molecule has 7 N–H and O–H groups in total. The number of nitrogens with one attached hydrogen (secondary N) is 1. The Labute approximate surface area is 56.0 Å². The summed E-state index contributed by atoms with van der Waals surface area (Å²) >= 11 is 0. The van der Waals surface area contributed by atoms with Crippen molar-refractivity contribution >= 4 is 5.96 Å². The number of rotatable bonds is 1. The van der Waals surface area contributed by atoms with Gasteiger partial charge in [-0.1, -0.05) is 5.12 Å². The Morgan fingerprint density at radius 2 is 2.30 bits per heavy atom. The number of hydrogen-bond acceptors (Lipinski definition) is 5. The zero-order chi connectivity index (χ0) is 7.98. The van der Waals surface area contributed by atoms with Crippen molar-refractivity contribution in [1.82, 2.24) is 10.5 Å². The summed E-state index contributed by atoms with van der Waals surface area (Å²) in [5.41, 5.74) is 9.85. The Morgan fingerprint density at radius 3 is 2.60 bits per heavy atom. The van der Waals surface area contributed by atoms with E-state index in [4.69, 9.17) is 23.1 Å². The van der Waals surface area contributed by atoms with E-state index in [0.29, 0.717) is 5.12 Å². The highest BCUT2D eigenvalue weighted by Gasteiger charge is 2.05. The van der Waals surface area contributed by atoms with Gasteiger partial charge in [-0.2, -0.15) is 10.8 Å². The highest BCUT2D eigenvalue weighted by molar-refractivity contribution is 5.77. The van der Waals surface area contributed by atoms with Crippen LogP contribution in [0, 0.1) is 0 Å². The molecule has 9 heteroatoms. The normalized spacial score (nSPS) is 10.0. The maximum absolute atomic E-state index is 7.85. The van der Waals surface area contributed by atoms with Crippen LogP contribution in [0.4, 0.5) is 0 Å². The number of azide groups is 1. The van der Waals surface area contributed by atoms with Crippen LogP contribution in [0.2, 0.25) is 0 Å². The molecule has 0 heterocycles. The molecule has 0 saturated heterocycles. The monoisotopic (exact) mass is 145 g/mol. The minimum absolute atomic E-state index is 0.141. The summed E-state index contributed by atoms with van der Waals surface area (Å²) in [6.45, 7) is 0. The van der Waals surface area contributed by atoms with E-state index in [2.05, 4.69) is 15.2 Å². The molecular formula is CH7N9. The van der Waals surface area contributed by atoms with Gasteiger partial charge < -0.3 is 5.84 Å². The summed E-state index contributed by atoms with van der Waals surface area (Å²) in [7, 11) is 0. The van der Waals surface area contributed by atoms with Crippen LogP contribution in [0.5, 0.6) is 0 Å². The Hall–Kier alpha value is -1.70. The minimum atomic E-state index is -0.141. The fourth-order valence-electron chi connectivity index (χ4n) is 0.248. The molecule has 0 aromatic carbocycles. The van der Waals surface area contributed by atoms with Crippen LogP contribution in [0.1, 0.15) is 0 Å². The maximum Gasteiger partial charge on any atom is 0.347 e. The number of nitrogens with two attached hydrogens (primary N) is 3. The van der Waals surface area contributed by atoms with Crippen molar-refractivity contribution in [3.05, 3.63) is 10.4 Å². The molecule has 0 aromatic rings. The first kappa shape index (κ1) is 8.30. The van der Waals surface area contributed by atoms with Gasteiger partial charge in [0, 0.05) is 5.22 Å². The molecule has 0 radical (unpaired) electrons. The van der Waals surface area contributed by atoms with Crippen LogP contribution in [-0.4, -0.2) is 11.1 Å². The lowest BCUT2D eigenvalue weighted by Crippen LogP contribution is -2.45. The van der Waals surface area contributed by atoms with Crippen LogP contribution in [0.25, 0.3) is 10.4 Å². The molecule has 0 bridgehead atoms. The molecule has 0 fully saturated rings. The predicted octanol–water partition coefficient (Wildman–Crippen LogP) is -1.92. The van der Waals surface area contributed by atoms with Gasteiger partial charge in [0.25, 0.3) is 0 Å². The topological polar surface area (TPSA) is 154 Å². The third kappa shape index (κ3) is 2.05. The molecule has 0 atom stereocenters. The Kier molecular flexibility index (Phi) is 3.49. The Balaban J connectivity index is 4.16. The lowest BCUT2D eigenvalue weighted by atomic mass is 11.0. The van der Waals surface area contributed by atoms with Crippen LogP contribution < -0.4 is 23.0 Å². The molecule has 0 spiro atoms. The van der Waals surface area contributed by atoms with Crippen LogP contribution in [0.3, 0.4) is 0 Å². The van der Waals surface area contributed by atoms with Crippen molar-refractivity contribution < 1.29 is 0 Å². The van der Waals surface area contributed by atoms with Gasteiger partial charge in [-0.3, -0.25) is 5.43 Å². The van der Waals surface area contributed by atoms with E-state index in [9.17, 15) is 0 Å². The number of nitrogens with zero attached hydrogens (tertiary/aromatic N) is 5. The van der Waals surface area contributed by atoms with Gasteiger partial charge in [0.15, 0.2) is 0 Å². The van der Waals surface area contributed by atoms with Gasteiger partial charge in [-0.15, -0.1) is 10.6 Å². The first-order valence-corrected chi connectivity index (χ1v) is 2.10. The van der Waals surface area contributed by atoms with Crippen LogP contribution >= 0.6 is 0 Å². The molecule has 0 aliphatic rings. The number of hydrazone groups is 1. The zero-order valence-corrected chi connectivity index (χ0v) is 4.97. The third-order valence-electron chi connectivity index (χ3n) is 0.605. The van der Waals surface area contributed by atoms with Gasteiger partial charge in [0.05, 0.1) is 0 Å². The van der Waals surface area contributed by atoms with E-state index in [0.717, 1.165) is 0 Å². The second-order valence-corrected chi connectivity index (χ2v) is 1.12. The van der Waals surface area contributed by atoms with E-state index in [1.54, 1.807) is 0 Å². The summed E-state index contributed by atoms with van der Waals surface area (Å²) in [5, 5.41) is 6.50. The molecule has 10 heavy (non-hydrogen) atoms. The second-order valence-electron chi connectivity index (χ2n) is 1.12. The first-order valence-electron chi connectivity index (χ1n) is 2.10. The van der Waals surface area contributed by atoms with Gasteiger partial charge >= 0.3 is 5.96 Å². The molecule has 0 saturated carbocycles. The Bertz CT molecular complexity index is 162. The molecule has 0 amide bonds. The molecule has 0 aliphatic carbocycles. The predicted molar refractivity (Wildman–Crippen MR) is 34.1 cm³/mol. The summed E-state index contributed by atoms with van der Waals surface area (Å²) in [4.78, 5) is 2.35. The standard InChI is InChI=1S/CH7N9/c2-6-1(7-3)10(5)9-8-4/h2-3,5H2,(H,6,7). The van der Waals surface area contributed by atoms with Crippen molar-refractivity contribution in [2.75, 3.05) is 0 Å². The van der Waals surface area contributed by atoms with Gasteiger partial charge in [0.2, 0.25) is 0 Å². The smallest absolute Gasteiger partial charge is 0.318 e. The zero-order valence-electron chi connectivity index (χ0n) is 4.97. The van der Waals surface area contributed by atoms with Gasteiger partial charge in [-0.25, -0.2) is 5.84 Å². The summed E-state index contributed by atoms with van der Waals surface area (Å²) in [6, 6.07) is 0. The summed E-state index contributed by atoms with van der Waals surface area (Å²) in [5.74, 6) is 14.5. The van der Waals surface area contributed by atoms with E-state index in [-0.39, 0.29) is 5.96 Å². The number of guanidine groups is 1. The van der Waals surface area contributed by atoms with E-state index < -0.39 is 0 Å². The third-order valence-corrected chi connectivity index (χ3v) is 0.605. The van der Waals surface area contributed by atoms with Gasteiger partial charge in [0.1, 0.15) is 0 Å². The number of hydrazine groups is 2. The highest BCUT2D eigenvalue weighted by Crippen LogP contribution is 1.77. The van der Waals surface area contributed by atoms with Crippen LogP contribution in [-0.2, 0) is 0 Å². The van der Waals surface area contributed by atoms with Crippen molar-refractivity contribution in [1.29, 1.82) is 0 Å². The van der Waals surface area contributed by atoms with Crippen molar-refractivity contribution in [3.63, 3.8) is 0 Å². The fraction of sp³-hybridized carbons (Fsp3) is 0. The molecule has 56 valence electrons. The second kappa shape index (κ2) is 4.21. The molecule has 0 aromatic heterocycles. The molecule has 0 aliphatic heterocycles. The molecule has 9 nitrogen and oxygen atoms in total. The molecular weight excluding hydrogens is 138 g/mol. The van der Waals surface area contributed by atoms with E-state index in [1.165, 1.54) is 0 Å². The largest absolute Gasteiger partial charge is 0.347 e. The lowest BCUT2D eigenvalue weighted by molar-refractivity contribution is 0.441. The van der Waals surface area contributed by atoms with Crippen molar-refractivity contribution in [2.45, 2.75) is 0 Å². The van der Waals surface area contributed by atoms with Gasteiger partial charge in [-0.05, 0) is 0 Å². The first-order chi connectivity index (χ1) is 4.76. The van der Waals surface area contributed by atoms with E-state index >= 15 is 0 Å². The average Bonchev–Trinajstić information content (AvgIpc) is 1.91. The molecule has 0 rings (SSSR count). The number of hydrogen-bond donors (Lipinski definition) is 4. The Morgan fingerprint density at radius 1 is 1.70 bits per heavy atom. The average molecular weight is 145 g/mol. The highest BCUT2D eigenvalue weighted by atomic mass is 15.7. The maximum atomic E-state index is 7.85. The van der Waals surface area contributed by atoms with Crippen molar-refractivity contribution in [3.8, 4) is 0 Å². The fourth-order valence-corrected chi connectivity index (χ4v) is 0.248. The summed E-state index contributed by atoms with van der Waals surface area (Å²) in [6.07, 6.45) is 0. The van der Waals surface area contributed by atoms with E-state index in [1.807, 2.05) is 5.43 Å². The molecule has 0 unspecified atom stereocenters. The minimum Gasteiger partial charge on any atom is -0.318 e.